The van der Waals surface area contributed by atoms with Gasteiger partial charge in [0, 0.05) is 0 Å². The molecule has 0 fully saturated rings. The van der Waals surface area contributed by atoms with Gasteiger partial charge in [-0.05, 0) is 61.4 Å². The molecule has 0 aromatic heterocycles. The zero-order valence-electron chi connectivity index (χ0n) is 12.7. The zero-order chi connectivity index (χ0) is 15.2. The highest BCUT2D eigenvalue weighted by Crippen LogP contribution is 2.24. The molecule has 0 aliphatic heterocycles. The van der Waals surface area contributed by atoms with Gasteiger partial charge in [-0.25, -0.2) is 0 Å². The molecular weight excluding hydrogens is 267 g/mol. The Hall–Kier alpha value is -2.30. The lowest BCUT2D eigenvalue weighted by atomic mass is 10.2. The molecule has 0 unspecified atom stereocenters. The third kappa shape index (κ3) is 3.84. The van der Waals surface area contributed by atoms with Crippen molar-refractivity contribution >= 4 is 7.69 Å². The van der Waals surface area contributed by atoms with Gasteiger partial charge < -0.3 is 18.8 Å². The second-order valence-corrected chi connectivity index (χ2v) is 4.59. The van der Waals surface area contributed by atoms with Gasteiger partial charge in [0.25, 0.3) is 0 Å². The van der Waals surface area contributed by atoms with E-state index in [2.05, 4.69) is 0 Å². The Labute approximate surface area is 125 Å². The molecule has 0 saturated carbocycles. The molecule has 2 aromatic rings. The average molecular weight is 285 g/mol. The fourth-order valence-electron chi connectivity index (χ4n) is 1.98. The summed E-state index contributed by atoms with van der Waals surface area (Å²) < 4.78 is 21.3. The first-order valence-corrected chi connectivity index (χ1v) is 6.58. The second-order valence-electron chi connectivity index (χ2n) is 4.59. The van der Waals surface area contributed by atoms with Crippen LogP contribution in [0, 0.1) is 13.8 Å². The average Bonchev–Trinajstić information content (AvgIpc) is 2.48. The first-order chi connectivity index (χ1) is 10.1. The highest BCUT2D eigenvalue weighted by molar-refractivity contribution is 6.20. The van der Waals surface area contributed by atoms with Crippen molar-refractivity contribution in [3.05, 3.63) is 47.5 Å². The Kier molecular flexibility index (Phi) is 4.98. The summed E-state index contributed by atoms with van der Waals surface area (Å²) in [6.07, 6.45) is 0. The molecular formula is C16H18BO4. The van der Waals surface area contributed by atoms with Crippen LogP contribution in [0.25, 0.3) is 0 Å². The molecule has 109 valence electrons. The van der Waals surface area contributed by atoms with Gasteiger partial charge in [-0.3, -0.25) is 0 Å². The van der Waals surface area contributed by atoms with Crippen molar-refractivity contribution in [2.45, 2.75) is 13.8 Å². The molecule has 0 amide bonds. The van der Waals surface area contributed by atoms with E-state index in [0.29, 0.717) is 11.5 Å². The second kappa shape index (κ2) is 6.93. The fraction of sp³-hybridized carbons (Fsp3) is 0.250. The number of aryl methyl sites for hydroxylation is 2. The molecule has 0 heterocycles. The summed E-state index contributed by atoms with van der Waals surface area (Å²) in [7, 11) is 4.59. The lowest BCUT2D eigenvalue weighted by Crippen LogP contribution is -2.11. The van der Waals surface area contributed by atoms with Crippen LogP contribution in [0.4, 0.5) is 0 Å². The van der Waals surface area contributed by atoms with Crippen LogP contribution < -0.4 is 18.8 Å². The third-order valence-corrected chi connectivity index (χ3v) is 3.10. The minimum absolute atomic E-state index is 0.693. The van der Waals surface area contributed by atoms with Crippen LogP contribution in [0.15, 0.2) is 36.4 Å². The lowest BCUT2D eigenvalue weighted by Gasteiger charge is -2.10. The lowest BCUT2D eigenvalue weighted by molar-refractivity contribution is 0.408. The van der Waals surface area contributed by atoms with E-state index >= 15 is 0 Å². The van der Waals surface area contributed by atoms with E-state index in [1.807, 2.05) is 50.2 Å². The molecule has 21 heavy (non-hydrogen) atoms. The van der Waals surface area contributed by atoms with Gasteiger partial charge in [0.1, 0.15) is 23.0 Å². The SMILES string of the molecule is COc1ccc(O[B]Oc2ccc(OC)c(C)c2)cc1C. The largest absolute Gasteiger partial charge is 0.658 e. The van der Waals surface area contributed by atoms with Crippen molar-refractivity contribution in [2.24, 2.45) is 0 Å². The van der Waals surface area contributed by atoms with Crippen LogP contribution in [0.5, 0.6) is 23.0 Å². The minimum atomic E-state index is 0.693. The number of hydrogen-bond donors (Lipinski definition) is 0. The van der Waals surface area contributed by atoms with Gasteiger partial charge in [0.05, 0.1) is 14.2 Å². The maximum absolute atomic E-state index is 5.45. The van der Waals surface area contributed by atoms with Crippen molar-refractivity contribution in [3.8, 4) is 23.0 Å². The van der Waals surface area contributed by atoms with Crippen LogP contribution in [0.3, 0.4) is 0 Å². The summed E-state index contributed by atoms with van der Waals surface area (Å²) in [5.74, 6) is 3.04. The number of rotatable bonds is 6. The van der Waals surface area contributed by atoms with Crippen LogP contribution in [-0.4, -0.2) is 21.9 Å². The quantitative estimate of drug-likeness (QED) is 0.763. The Morgan fingerprint density at radius 2 is 1.14 bits per heavy atom. The van der Waals surface area contributed by atoms with Crippen molar-refractivity contribution in [3.63, 3.8) is 0 Å². The minimum Gasteiger partial charge on any atom is -0.526 e. The van der Waals surface area contributed by atoms with Crippen LogP contribution in [-0.2, 0) is 0 Å². The monoisotopic (exact) mass is 285 g/mol. The third-order valence-electron chi connectivity index (χ3n) is 3.10. The van der Waals surface area contributed by atoms with Gasteiger partial charge in [-0.1, -0.05) is 0 Å². The smallest absolute Gasteiger partial charge is 0.526 e. The number of benzene rings is 2. The topological polar surface area (TPSA) is 36.9 Å². The van der Waals surface area contributed by atoms with Crippen molar-refractivity contribution in [1.82, 2.24) is 0 Å². The molecule has 1 radical (unpaired) electrons. The molecule has 0 aliphatic rings. The molecule has 0 N–H and O–H groups in total. The Morgan fingerprint density at radius 3 is 1.48 bits per heavy atom. The zero-order valence-corrected chi connectivity index (χ0v) is 12.7. The summed E-state index contributed by atoms with van der Waals surface area (Å²) in [5, 5.41) is 0. The van der Waals surface area contributed by atoms with E-state index in [9.17, 15) is 0 Å². The highest BCUT2D eigenvalue weighted by atomic mass is 16.6. The van der Waals surface area contributed by atoms with Gasteiger partial charge >= 0.3 is 7.69 Å². The molecule has 0 spiro atoms. The van der Waals surface area contributed by atoms with E-state index < -0.39 is 0 Å². The summed E-state index contributed by atoms with van der Waals surface area (Å²) in [6, 6.07) is 11.1. The van der Waals surface area contributed by atoms with E-state index in [4.69, 9.17) is 18.8 Å². The van der Waals surface area contributed by atoms with E-state index in [1.165, 1.54) is 7.69 Å². The summed E-state index contributed by atoms with van der Waals surface area (Å²) in [6.45, 7) is 3.92. The van der Waals surface area contributed by atoms with E-state index in [0.717, 1.165) is 22.6 Å². The van der Waals surface area contributed by atoms with E-state index in [-0.39, 0.29) is 0 Å². The number of methoxy groups -OCH3 is 2. The van der Waals surface area contributed by atoms with Crippen LogP contribution in [0.2, 0.25) is 0 Å². The molecule has 0 saturated heterocycles. The maximum Gasteiger partial charge on any atom is 0.658 e. The Bertz CT molecular complexity index is 560. The molecule has 5 heteroatoms. The van der Waals surface area contributed by atoms with Crippen LogP contribution >= 0.6 is 0 Å². The highest BCUT2D eigenvalue weighted by Gasteiger charge is 2.06. The number of ether oxygens (including phenoxy) is 2. The molecule has 0 aliphatic carbocycles. The maximum atomic E-state index is 5.45. The van der Waals surface area contributed by atoms with Gasteiger partial charge in [-0.2, -0.15) is 0 Å². The summed E-state index contributed by atoms with van der Waals surface area (Å²) in [4.78, 5) is 0. The molecule has 4 nitrogen and oxygen atoms in total. The van der Waals surface area contributed by atoms with Crippen molar-refractivity contribution < 1.29 is 18.8 Å². The van der Waals surface area contributed by atoms with Crippen molar-refractivity contribution in [2.75, 3.05) is 14.2 Å². The molecule has 0 atom stereocenters. The van der Waals surface area contributed by atoms with Gasteiger partial charge in [-0.15, -0.1) is 0 Å². The molecule has 2 rings (SSSR count). The Balaban J connectivity index is 1.92. The normalized spacial score (nSPS) is 9.90. The predicted molar refractivity (Wildman–Crippen MR) is 82.5 cm³/mol. The number of hydrogen-bond acceptors (Lipinski definition) is 4. The first-order valence-electron chi connectivity index (χ1n) is 6.58. The summed E-state index contributed by atoms with van der Waals surface area (Å²) >= 11 is 0. The Morgan fingerprint density at radius 1 is 0.714 bits per heavy atom. The van der Waals surface area contributed by atoms with Crippen LogP contribution in [0.1, 0.15) is 11.1 Å². The van der Waals surface area contributed by atoms with Crippen molar-refractivity contribution in [1.29, 1.82) is 0 Å². The first kappa shape index (κ1) is 15.1. The predicted octanol–water partition coefficient (Wildman–Crippen LogP) is 3.31. The van der Waals surface area contributed by atoms with E-state index in [1.54, 1.807) is 14.2 Å². The standard InChI is InChI=1S/C16H18BO4/c1-11-9-13(5-7-15(11)18-3)20-17-21-14-6-8-16(19-4)12(2)10-14/h5-10H,1-4H3. The van der Waals surface area contributed by atoms with Gasteiger partial charge in [0.2, 0.25) is 0 Å². The summed E-state index contributed by atoms with van der Waals surface area (Å²) in [5.41, 5.74) is 2.01. The van der Waals surface area contributed by atoms with Gasteiger partial charge in [0.15, 0.2) is 0 Å². The molecule has 2 aromatic carbocycles. The fourth-order valence-corrected chi connectivity index (χ4v) is 1.98. The molecule has 0 bridgehead atoms.